The molecule has 29 heavy (non-hydrogen) atoms. The zero-order chi connectivity index (χ0) is 20.4. The number of amides is 1. The number of esters is 1. The zero-order valence-corrected chi connectivity index (χ0v) is 16.7. The number of rotatable bonds is 4. The van der Waals surface area contributed by atoms with E-state index in [4.69, 9.17) is 14.2 Å². The first-order valence-corrected chi connectivity index (χ1v) is 9.59. The third-order valence-electron chi connectivity index (χ3n) is 4.36. The van der Waals surface area contributed by atoms with Crippen LogP contribution in [0.2, 0.25) is 0 Å². The van der Waals surface area contributed by atoms with Crippen molar-refractivity contribution < 1.29 is 28.9 Å². The van der Waals surface area contributed by atoms with Crippen molar-refractivity contribution in [3.05, 3.63) is 58.6 Å². The molecular formula is C21H16BrNO6. The third-order valence-corrected chi connectivity index (χ3v) is 5.02. The van der Waals surface area contributed by atoms with Crippen LogP contribution in [0.15, 0.2) is 53.0 Å². The molecule has 0 unspecified atom stereocenters. The highest BCUT2D eigenvalue weighted by molar-refractivity contribution is 9.10. The van der Waals surface area contributed by atoms with Gasteiger partial charge in [0.25, 0.3) is 5.91 Å². The minimum absolute atomic E-state index is 0.00277. The fourth-order valence-electron chi connectivity index (χ4n) is 2.97. The van der Waals surface area contributed by atoms with Crippen LogP contribution in [-0.2, 0) is 9.53 Å². The van der Waals surface area contributed by atoms with Gasteiger partial charge in [-0.15, -0.1) is 0 Å². The van der Waals surface area contributed by atoms with Crippen LogP contribution >= 0.6 is 15.9 Å². The van der Waals surface area contributed by atoms with Crippen molar-refractivity contribution in [2.75, 3.05) is 25.1 Å². The number of benzene rings is 3. The highest BCUT2D eigenvalue weighted by Crippen LogP contribution is 2.38. The maximum absolute atomic E-state index is 12.3. The molecule has 0 aliphatic carbocycles. The molecule has 3 aromatic carbocycles. The first-order valence-electron chi connectivity index (χ1n) is 8.80. The average molecular weight is 458 g/mol. The van der Waals surface area contributed by atoms with Gasteiger partial charge in [-0.1, -0.05) is 30.3 Å². The SMILES string of the molecule is O=C(COC(=O)c1ccc2ccccc2c1O)Nc1cc2c(cc1Br)OCCO2. The molecule has 4 rings (SSSR count). The number of nitrogens with one attached hydrogen (secondary N) is 1. The molecule has 1 aliphatic heterocycles. The standard InChI is InChI=1S/C21H16BrNO6/c22-15-9-17-18(28-8-7-27-17)10-16(15)23-19(24)11-29-21(26)14-6-5-12-3-1-2-4-13(12)20(14)25/h1-6,9-10,25H,7-8,11H2,(H,23,24). The summed E-state index contributed by atoms with van der Waals surface area (Å²) in [5, 5.41) is 14.3. The van der Waals surface area contributed by atoms with Gasteiger partial charge in [0.15, 0.2) is 18.1 Å². The summed E-state index contributed by atoms with van der Waals surface area (Å²) in [6.07, 6.45) is 0. The lowest BCUT2D eigenvalue weighted by Gasteiger charge is -2.20. The predicted molar refractivity (Wildman–Crippen MR) is 110 cm³/mol. The number of phenolic OH excluding ortho intramolecular Hbond substituents is 1. The Morgan fingerprint density at radius 2 is 1.79 bits per heavy atom. The van der Waals surface area contributed by atoms with Gasteiger partial charge in [-0.2, -0.15) is 0 Å². The number of phenols is 1. The van der Waals surface area contributed by atoms with Crippen LogP contribution in [0.25, 0.3) is 10.8 Å². The van der Waals surface area contributed by atoms with Crippen molar-refractivity contribution >= 4 is 44.3 Å². The molecule has 0 spiro atoms. The third kappa shape index (κ3) is 3.97. The summed E-state index contributed by atoms with van der Waals surface area (Å²) in [6.45, 7) is 0.379. The normalized spacial score (nSPS) is 12.4. The van der Waals surface area contributed by atoms with Crippen LogP contribution in [0, 0.1) is 0 Å². The maximum atomic E-state index is 12.3. The van der Waals surface area contributed by atoms with E-state index in [2.05, 4.69) is 21.2 Å². The quantitative estimate of drug-likeness (QED) is 0.577. The second kappa shape index (κ2) is 8.00. The molecule has 1 heterocycles. The number of aromatic hydroxyl groups is 1. The van der Waals surface area contributed by atoms with E-state index in [9.17, 15) is 14.7 Å². The second-order valence-electron chi connectivity index (χ2n) is 6.28. The highest BCUT2D eigenvalue weighted by atomic mass is 79.9. The fraction of sp³-hybridized carbons (Fsp3) is 0.143. The van der Waals surface area contributed by atoms with Crippen molar-refractivity contribution in [1.82, 2.24) is 0 Å². The zero-order valence-electron chi connectivity index (χ0n) is 15.1. The van der Waals surface area contributed by atoms with Crippen LogP contribution in [0.1, 0.15) is 10.4 Å². The van der Waals surface area contributed by atoms with E-state index in [1.165, 1.54) is 6.07 Å². The van der Waals surface area contributed by atoms with Gasteiger partial charge in [-0.25, -0.2) is 4.79 Å². The Morgan fingerprint density at radius 1 is 1.07 bits per heavy atom. The van der Waals surface area contributed by atoms with Crippen molar-refractivity contribution in [2.45, 2.75) is 0 Å². The molecular weight excluding hydrogens is 442 g/mol. The van der Waals surface area contributed by atoms with E-state index >= 15 is 0 Å². The van der Waals surface area contributed by atoms with E-state index < -0.39 is 18.5 Å². The van der Waals surface area contributed by atoms with Crippen molar-refractivity contribution in [3.63, 3.8) is 0 Å². The predicted octanol–water partition coefficient (Wildman–Crippen LogP) is 3.87. The van der Waals surface area contributed by atoms with Crippen molar-refractivity contribution in [2.24, 2.45) is 0 Å². The Hall–Kier alpha value is -3.26. The minimum Gasteiger partial charge on any atom is -0.506 e. The minimum atomic E-state index is -0.787. The summed E-state index contributed by atoms with van der Waals surface area (Å²) >= 11 is 3.36. The Labute approximate surface area is 174 Å². The molecule has 0 aromatic heterocycles. The fourth-order valence-corrected chi connectivity index (χ4v) is 3.40. The monoisotopic (exact) mass is 457 g/mol. The first-order chi connectivity index (χ1) is 14.0. The molecule has 3 aromatic rings. The number of carbonyl (C=O) groups excluding carboxylic acids is 2. The van der Waals surface area contributed by atoms with Gasteiger partial charge >= 0.3 is 5.97 Å². The molecule has 0 fully saturated rings. The van der Waals surface area contributed by atoms with Gasteiger partial charge in [-0.05, 0) is 27.4 Å². The van der Waals surface area contributed by atoms with Crippen LogP contribution in [0.5, 0.6) is 17.2 Å². The largest absolute Gasteiger partial charge is 0.506 e. The Bertz CT molecular complexity index is 1110. The number of anilines is 1. The van der Waals surface area contributed by atoms with Gasteiger partial charge in [0.1, 0.15) is 24.5 Å². The Kier molecular flexibility index (Phi) is 5.26. The molecule has 0 bridgehead atoms. The molecule has 148 valence electrons. The number of carbonyl (C=O) groups is 2. The van der Waals surface area contributed by atoms with E-state index in [1.54, 1.807) is 30.3 Å². The summed E-state index contributed by atoms with van der Waals surface area (Å²) in [7, 11) is 0. The van der Waals surface area contributed by atoms with Gasteiger partial charge < -0.3 is 24.6 Å². The van der Waals surface area contributed by atoms with E-state index in [1.807, 2.05) is 12.1 Å². The molecule has 0 atom stereocenters. The van der Waals surface area contributed by atoms with Crippen LogP contribution in [0.3, 0.4) is 0 Å². The lowest BCUT2D eigenvalue weighted by Crippen LogP contribution is -2.21. The molecule has 0 saturated carbocycles. The molecule has 7 nitrogen and oxygen atoms in total. The highest BCUT2D eigenvalue weighted by Gasteiger charge is 2.19. The molecule has 2 N–H and O–H groups in total. The van der Waals surface area contributed by atoms with E-state index in [0.29, 0.717) is 40.3 Å². The Morgan fingerprint density at radius 3 is 2.59 bits per heavy atom. The second-order valence-corrected chi connectivity index (χ2v) is 7.14. The van der Waals surface area contributed by atoms with Gasteiger partial charge in [0, 0.05) is 22.0 Å². The number of halogens is 1. The molecule has 1 aliphatic rings. The van der Waals surface area contributed by atoms with Gasteiger partial charge in [0.05, 0.1) is 5.69 Å². The van der Waals surface area contributed by atoms with Crippen LogP contribution in [-0.4, -0.2) is 36.8 Å². The van der Waals surface area contributed by atoms with Crippen molar-refractivity contribution in [3.8, 4) is 17.2 Å². The topological polar surface area (TPSA) is 94.1 Å². The number of ether oxygens (including phenoxy) is 3. The van der Waals surface area contributed by atoms with E-state index in [0.717, 1.165) is 5.39 Å². The number of fused-ring (bicyclic) bond motifs is 2. The summed E-state index contributed by atoms with van der Waals surface area (Å²) in [6, 6.07) is 13.6. The summed E-state index contributed by atoms with van der Waals surface area (Å²) < 4.78 is 16.6. The van der Waals surface area contributed by atoms with Gasteiger partial charge in [0.2, 0.25) is 0 Å². The van der Waals surface area contributed by atoms with Crippen molar-refractivity contribution in [1.29, 1.82) is 0 Å². The first kappa shape index (κ1) is 19.1. The number of hydrogen-bond donors (Lipinski definition) is 2. The molecule has 0 saturated heterocycles. The lowest BCUT2D eigenvalue weighted by molar-refractivity contribution is -0.119. The maximum Gasteiger partial charge on any atom is 0.342 e. The molecule has 1 amide bonds. The smallest absolute Gasteiger partial charge is 0.342 e. The molecule has 0 radical (unpaired) electrons. The van der Waals surface area contributed by atoms with E-state index in [-0.39, 0.29) is 11.3 Å². The Balaban J connectivity index is 1.42. The summed E-state index contributed by atoms with van der Waals surface area (Å²) in [5.74, 6) is -0.393. The van der Waals surface area contributed by atoms with Crippen LogP contribution in [0.4, 0.5) is 5.69 Å². The summed E-state index contributed by atoms with van der Waals surface area (Å²) in [4.78, 5) is 24.5. The lowest BCUT2D eigenvalue weighted by atomic mass is 10.1. The van der Waals surface area contributed by atoms with Crippen LogP contribution < -0.4 is 14.8 Å². The number of hydrogen-bond acceptors (Lipinski definition) is 6. The van der Waals surface area contributed by atoms with Gasteiger partial charge in [-0.3, -0.25) is 4.79 Å². The molecule has 8 heteroatoms. The summed E-state index contributed by atoms with van der Waals surface area (Å²) in [5.41, 5.74) is 0.459. The average Bonchev–Trinajstić information content (AvgIpc) is 2.73.